The number of nitrogens with zero attached hydrogens (tertiary/aromatic N) is 1. The molecule has 0 aromatic heterocycles. The summed E-state index contributed by atoms with van der Waals surface area (Å²) in [6, 6.07) is 7.23. The van der Waals surface area contributed by atoms with Gasteiger partial charge in [0.1, 0.15) is 5.92 Å². The van der Waals surface area contributed by atoms with Gasteiger partial charge in [-0.05, 0) is 18.1 Å². The van der Waals surface area contributed by atoms with Gasteiger partial charge < -0.3 is 14.7 Å². The molecule has 2 atom stereocenters. The molecule has 5 nitrogen and oxygen atoms in total. The molecule has 3 rings (SSSR count). The van der Waals surface area contributed by atoms with Gasteiger partial charge in [-0.3, -0.25) is 9.59 Å². The molecule has 1 N–H and O–H groups in total. The van der Waals surface area contributed by atoms with Crippen molar-refractivity contribution in [3.63, 3.8) is 0 Å². The first-order valence-electron chi connectivity index (χ1n) is 6.39. The summed E-state index contributed by atoms with van der Waals surface area (Å²) in [6.45, 7) is 1.27. The molecule has 2 aliphatic heterocycles. The summed E-state index contributed by atoms with van der Waals surface area (Å²) in [7, 11) is 0. The third-order valence-electron chi connectivity index (χ3n) is 3.81. The highest BCUT2D eigenvalue weighted by atomic mass is 16.5. The molecule has 1 saturated heterocycles. The smallest absolute Gasteiger partial charge is 0.312 e. The fourth-order valence-electron chi connectivity index (χ4n) is 2.78. The first kappa shape index (κ1) is 12.2. The van der Waals surface area contributed by atoms with E-state index in [9.17, 15) is 14.7 Å². The Hall–Kier alpha value is -1.88. The summed E-state index contributed by atoms with van der Waals surface area (Å²) in [4.78, 5) is 25.3. The molecule has 1 aromatic carbocycles. The molecule has 1 aromatic rings. The third-order valence-corrected chi connectivity index (χ3v) is 3.81. The Kier molecular flexibility index (Phi) is 2.98. The lowest BCUT2D eigenvalue weighted by atomic mass is 10.0. The van der Waals surface area contributed by atoms with Gasteiger partial charge in [-0.15, -0.1) is 0 Å². The normalized spacial score (nSPS) is 25.4. The van der Waals surface area contributed by atoms with Crippen molar-refractivity contribution < 1.29 is 19.4 Å². The maximum Gasteiger partial charge on any atom is 0.312 e. The van der Waals surface area contributed by atoms with Gasteiger partial charge >= 0.3 is 5.97 Å². The average Bonchev–Trinajstić information content (AvgIpc) is 3.05. The quantitative estimate of drug-likeness (QED) is 0.869. The van der Waals surface area contributed by atoms with Crippen LogP contribution in [0.25, 0.3) is 0 Å². The van der Waals surface area contributed by atoms with Crippen LogP contribution in [-0.4, -0.2) is 36.7 Å². The van der Waals surface area contributed by atoms with Crippen LogP contribution in [0.15, 0.2) is 24.3 Å². The van der Waals surface area contributed by atoms with Gasteiger partial charge in [0.25, 0.3) is 0 Å². The van der Waals surface area contributed by atoms with E-state index in [2.05, 4.69) is 0 Å². The van der Waals surface area contributed by atoms with Crippen LogP contribution in [-0.2, 0) is 14.3 Å². The van der Waals surface area contributed by atoms with Gasteiger partial charge in [0.15, 0.2) is 0 Å². The first-order valence-corrected chi connectivity index (χ1v) is 6.39. The van der Waals surface area contributed by atoms with E-state index in [-0.39, 0.29) is 18.4 Å². The van der Waals surface area contributed by atoms with E-state index in [0.29, 0.717) is 13.2 Å². The van der Waals surface area contributed by atoms with Crippen molar-refractivity contribution in [1.29, 1.82) is 0 Å². The monoisotopic (exact) mass is 261 g/mol. The van der Waals surface area contributed by atoms with E-state index in [4.69, 9.17) is 4.74 Å². The van der Waals surface area contributed by atoms with Crippen LogP contribution in [0.1, 0.15) is 17.9 Å². The zero-order valence-electron chi connectivity index (χ0n) is 10.4. The van der Waals surface area contributed by atoms with Crippen molar-refractivity contribution in [1.82, 2.24) is 0 Å². The summed E-state index contributed by atoms with van der Waals surface area (Å²) in [5.41, 5.74) is 1.45. The van der Waals surface area contributed by atoms with Gasteiger partial charge in [0.05, 0.1) is 12.5 Å². The van der Waals surface area contributed by atoms with Gasteiger partial charge in [-0.2, -0.15) is 0 Å². The minimum atomic E-state index is -0.884. The number of hydrogen-bond acceptors (Lipinski definition) is 3. The molecule has 0 radical (unpaired) electrons. The van der Waals surface area contributed by atoms with Gasteiger partial charge in [0, 0.05) is 18.8 Å². The number of carboxylic acids is 1. The lowest BCUT2D eigenvalue weighted by Gasteiger charge is -2.20. The van der Waals surface area contributed by atoms with Crippen LogP contribution in [0.3, 0.4) is 0 Å². The molecule has 1 fully saturated rings. The van der Waals surface area contributed by atoms with Crippen LogP contribution >= 0.6 is 0 Å². The summed E-state index contributed by atoms with van der Waals surface area (Å²) in [5.74, 6) is -1.66. The molecule has 2 heterocycles. The van der Waals surface area contributed by atoms with E-state index in [1.165, 1.54) is 0 Å². The number of fused-ring (bicyclic) bond motifs is 1. The second-order valence-electron chi connectivity index (χ2n) is 4.96. The van der Waals surface area contributed by atoms with Crippen molar-refractivity contribution >= 4 is 17.6 Å². The zero-order chi connectivity index (χ0) is 13.4. The topological polar surface area (TPSA) is 66.8 Å². The lowest BCUT2D eigenvalue weighted by molar-refractivity contribution is -0.138. The highest BCUT2D eigenvalue weighted by molar-refractivity contribution is 6.00. The highest BCUT2D eigenvalue weighted by Crippen LogP contribution is 2.37. The standard InChI is InChI=1S/C14H15NO4/c16-13(9-5-6-19-8-9)15-7-11(14(17)18)10-3-1-2-4-12(10)15/h1-4,9,11H,5-8H2,(H,17,18). The molecular formula is C14H15NO4. The Morgan fingerprint density at radius 3 is 2.79 bits per heavy atom. The number of aliphatic carboxylic acids is 1. The number of para-hydroxylation sites is 1. The zero-order valence-corrected chi connectivity index (χ0v) is 10.4. The van der Waals surface area contributed by atoms with Crippen LogP contribution in [0, 0.1) is 5.92 Å². The van der Waals surface area contributed by atoms with Crippen molar-refractivity contribution in [2.45, 2.75) is 12.3 Å². The first-order chi connectivity index (χ1) is 9.18. The average molecular weight is 261 g/mol. The van der Waals surface area contributed by atoms with E-state index >= 15 is 0 Å². The molecule has 1 amide bonds. The van der Waals surface area contributed by atoms with Gasteiger partial charge in [-0.25, -0.2) is 0 Å². The summed E-state index contributed by atoms with van der Waals surface area (Å²) in [5, 5.41) is 9.26. The minimum Gasteiger partial charge on any atom is -0.481 e. The summed E-state index contributed by atoms with van der Waals surface area (Å²) in [6.07, 6.45) is 0.717. The predicted molar refractivity (Wildman–Crippen MR) is 68.1 cm³/mol. The van der Waals surface area contributed by atoms with Crippen LogP contribution < -0.4 is 4.90 Å². The minimum absolute atomic E-state index is 0.0197. The van der Waals surface area contributed by atoms with Gasteiger partial charge in [-0.1, -0.05) is 18.2 Å². The Balaban J connectivity index is 1.91. The summed E-state index contributed by atoms with van der Waals surface area (Å²) < 4.78 is 5.24. The highest BCUT2D eigenvalue weighted by Gasteiger charge is 2.39. The number of carboxylic acid groups (broad SMARTS) is 1. The van der Waals surface area contributed by atoms with E-state index < -0.39 is 11.9 Å². The van der Waals surface area contributed by atoms with Crippen LogP contribution in [0.2, 0.25) is 0 Å². The molecule has 2 aliphatic rings. The molecule has 100 valence electrons. The SMILES string of the molecule is O=C(O)C1CN(C(=O)C2CCOC2)c2ccccc21. The van der Waals surface area contributed by atoms with E-state index in [0.717, 1.165) is 17.7 Å². The Bertz CT molecular complexity index is 522. The van der Waals surface area contributed by atoms with Crippen molar-refractivity contribution in [2.75, 3.05) is 24.7 Å². The fraction of sp³-hybridized carbons (Fsp3) is 0.429. The largest absolute Gasteiger partial charge is 0.481 e. The molecule has 2 unspecified atom stereocenters. The number of carbonyl (C=O) groups is 2. The number of carbonyl (C=O) groups excluding carboxylic acids is 1. The fourth-order valence-corrected chi connectivity index (χ4v) is 2.78. The second kappa shape index (κ2) is 4.66. The second-order valence-corrected chi connectivity index (χ2v) is 4.96. The van der Waals surface area contributed by atoms with Crippen molar-refractivity contribution in [3.8, 4) is 0 Å². The Morgan fingerprint density at radius 1 is 1.32 bits per heavy atom. The van der Waals surface area contributed by atoms with Crippen molar-refractivity contribution in [3.05, 3.63) is 29.8 Å². The molecule has 0 bridgehead atoms. The van der Waals surface area contributed by atoms with E-state index in [1.54, 1.807) is 17.0 Å². The van der Waals surface area contributed by atoms with E-state index in [1.807, 2.05) is 12.1 Å². The summed E-state index contributed by atoms with van der Waals surface area (Å²) >= 11 is 0. The molecule has 0 aliphatic carbocycles. The maximum absolute atomic E-state index is 12.4. The molecule has 19 heavy (non-hydrogen) atoms. The third kappa shape index (κ3) is 2.00. The Labute approximate surface area is 110 Å². The van der Waals surface area contributed by atoms with Crippen molar-refractivity contribution in [2.24, 2.45) is 5.92 Å². The number of rotatable bonds is 2. The molecule has 5 heteroatoms. The number of ether oxygens (including phenoxy) is 1. The number of anilines is 1. The lowest BCUT2D eigenvalue weighted by Crippen LogP contribution is -2.36. The molecule has 0 spiro atoms. The number of benzene rings is 1. The Morgan fingerprint density at radius 2 is 2.11 bits per heavy atom. The number of hydrogen-bond donors (Lipinski definition) is 1. The molecular weight excluding hydrogens is 246 g/mol. The predicted octanol–water partition coefficient (Wildman–Crippen LogP) is 1.24. The van der Waals surface area contributed by atoms with Gasteiger partial charge in [0.2, 0.25) is 5.91 Å². The van der Waals surface area contributed by atoms with Crippen LogP contribution in [0.4, 0.5) is 5.69 Å². The molecule has 0 saturated carbocycles. The maximum atomic E-state index is 12.4. The van der Waals surface area contributed by atoms with Crippen LogP contribution in [0.5, 0.6) is 0 Å². The number of amides is 1.